The van der Waals surface area contributed by atoms with Gasteiger partial charge in [0.1, 0.15) is 61.1 Å². The average molecular weight is 855 g/mol. The number of nitriles is 1. The van der Waals surface area contributed by atoms with Gasteiger partial charge in [-0.1, -0.05) is 124 Å². The Labute approximate surface area is 378 Å². The predicted molar refractivity (Wildman–Crippen MR) is 255 cm³/mol. The Morgan fingerprint density at radius 1 is 0.500 bits per heavy atom. The molecule has 6 aromatic rings. The van der Waals surface area contributed by atoms with Crippen LogP contribution in [0.4, 0.5) is 5.69 Å². The first-order valence-electron chi connectivity index (χ1n) is 21.8. The van der Waals surface area contributed by atoms with Crippen molar-refractivity contribution in [1.29, 1.82) is 16.1 Å². The van der Waals surface area contributed by atoms with Crippen LogP contribution in [0.25, 0.3) is 4.85 Å². The van der Waals surface area contributed by atoms with Crippen molar-refractivity contribution in [3.63, 3.8) is 0 Å². The fraction of sp³-hybridized carbons (Fsp3) is 0.259. The molecular weight excluding hydrogens is 797 g/mol. The van der Waals surface area contributed by atoms with Crippen LogP contribution in [0, 0.1) is 28.7 Å². The van der Waals surface area contributed by atoms with Crippen LogP contribution in [0.5, 0.6) is 23.0 Å². The molecule has 0 saturated heterocycles. The fourth-order valence-electron chi connectivity index (χ4n) is 6.61. The molecule has 0 aliphatic carbocycles. The molecule has 10 heteroatoms. The molecule has 0 atom stereocenters. The van der Waals surface area contributed by atoms with Crippen LogP contribution < -0.4 is 30.4 Å². The lowest BCUT2D eigenvalue weighted by Crippen LogP contribution is -2.10. The number of ether oxygens (including phenoxy) is 4. The zero-order valence-electron chi connectivity index (χ0n) is 36.9. The maximum absolute atomic E-state index is 8.94. The molecule has 6 aromatic carbocycles. The quantitative estimate of drug-likeness (QED) is 0.0228. The lowest BCUT2D eigenvalue weighted by Gasteiger charge is -2.13. The second-order valence-corrected chi connectivity index (χ2v) is 15.5. The first kappa shape index (κ1) is 47.5. The molecule has 64 heavy (non-hydrogen) atoms. The second-order valence-electron chi connectivity index (χ2n) is 15.5. The van der Waals surface area contributed by atoms with E-state index >= 15 is 0 Å². The summed E-state index contributed by atoms with van der Waals surface area (Å²) in [5.74, 6) is 3.19. The Morgan fingerprint density at radius 3 is 1.12 bits per heavy atom. The summed E-state index contributed by atoms with van der Waals surface area (Å²) in [4.78, 5) is 3.42. The monoisotopic (exact) mass is 854 g/mol. The number of hydrogen-bond donors (Lipinski definition) is 4. The van der Waals surface area contributed by atoms with Crippen LogP contribution in [-0.4, -0.2) is 11.7 Å². The van der Waals surface area contributed by atoms with Gasteiger partial charge in [-0.25, -0.2) is 4.85 Å². The van der Waals surface area contributed by atoms with Gasteiger partial charge in [0.15, 0.2) is 5.69 Å². The first-order valence-corrected chi connectivity index (χ1v) is 21.8. The van der Waals surface area contributed by atoms with Gasteiger partial charge >= 0.3 is 0 Å². The maximum atomic E-state index is 8.94. The van der Waals surface area contributed by atoms with E-state index < -0.39 is 0 Å². The highest BCUT2D eigenvalue weighted by Crippen LogP contribution is 2.28. The van der Waals surface area contributed by atoms with Crippen molar-refractivity contribution in [2.45, 2.75) is 91.6 Å². The highest BCUT2D eigenvalue weighted by Gasteiger charge is 2.08. The van der Waals surface area contributed by atoms with Crippen molar-refractivity contribution in [3.05, 3.63) is 195 Å². The highest BCUT2D eigenvalue weighted by atomic mass is 16.5. The normalized spacial score (nSPS) is 10.4. The Kier molecular flexibility index (Phi) is 18.8. The third-order valence-corrected chi connectivity index (χ3v) is 10.3. The summed E-state index contributed by atoms with van der Waals surface area (Å²) in [6.45, 7) is 13.2. The van der Waals surface area contributed by atoms with E-state index in [0.29, 0.717) is 48.8 Å². The number of amidine groups is 2. The van der Waals surface area contributed by atoms with Gasteiger partial charge in [0.2, 0.25) is 0 Å². The van der Waals surface area contributed by atoms with E-state index in [1.54, 1.807) is 24.3 Å². The van der Waals surface area contributed by atoms with Gasteiger partial charge in [-0.3, -0.25) is 10.8 Å². The minimum absolute atomic E-state index is 0.0555. The van der Waals surface area contributed by atoms with Gasteiger partial charge in [0.25, 0.3) is 0 Å². The van der Waals surface area contributed by atoms with Crippen molar-refractivity contribution in [2.75, 3.05) is 0 Å². The lowest BCUT2D eigenvalue weighted by atomic mass is 10.1. The smallest absolute Gasteiger partial charge is 0.187 e. The van der Waals surface area contributed by atoms with Crippen molar-refractivity contribution in [2.24, 2.45) is 11.5 Å². The van der Waals surface area contributed by atoms with Gasteiger partial charge < -0.3 is 30.4 Å². The van der Waals surface area contributed by atoms with Gasteiger partial charge in [-0.15, -0.1) is 0 Å². The SMILES string of the molecule is CCCCCc1cc(OCc2ccc(C(=N)N)cc2)cc(OCc2ccc(C(=N)N)cc2)c1.[C-]#[N+]c1ccc(COc2cc(CCCCC)cc(OCc3ccc(C#N)cc3)c2)cc1. The molecule has 0 amide bonds. The molecule has 0 fully saturated rings. The fourth-order valence-corrected chi connectivity index (χ4v) is 6.61. The van der Waals surface area contributed by atoms with Gasteiger partial charge in [-0.05, 0) is 95.5 Å². The van der Waals surface area contributed by atoms with E-state index in [0.717, 1.165) is 70.9 Å². The molecule has 328 valence electrons. The maximum Gasteiger partial charge on any atom is 0.187 e. The number of unbranched alkanes of at least 4 members (excludes halogenated alkanes) is 4. The van der Waals surface area contributed by atoms with Crippen molar-refractivity contribution in [1.82, 2.24) is 0 Å². The molecule has 0 spiro atoms. The van der Waals surface area contributed by atoms with Crippen molar-refractivity contribution in [3.8, 4) is 29.1 Å². The van der Waals surface area contributed by atoms with E-state index in [1.807, 2.05) is 84.9 Å². The van der Waals surface area contributed by atoms with Gasteiger partial charge in [-0.2, -0.15) is 5.26 Å². The highest BCUT2D eigenvalue weighted by molar-refractivity contribution is 5.95. The summed E-state index contributed by atoms with van der Waals surface area (Å²) in [5, 5.41) is 24.0. The molecule has 0 bridgehead atoms. The second kappa shape index (κ2) is 25.4. The molecule has 0 saturated carbocycles. The number of nitrogens with one attached hydrogen (secondary N) is 2. The standard InChI is InChI=1S/C27H32N4O2.C27H26N2O2/c1-2-3-4-5-21-14-24(32-17-19-6-10-22(11-7-19)26(28)29)16-25(15-21)33-18-20-8-12-23(13-9-20)27(30)31;1-3-4-5-6-24-15-26(30-19-22-9-7-21(18-28)8-10-22)17-27(16-24)31-20-23-11-13-25(29-2)14-12-23/h6-16H,2-5,17-18H2,1H3,(H3,28,29)(H3,30,31);7-17H,3-6,19-20H2,1H3. The van der Waals surface area contributed by atoms with Crippen LogP contribution in [0.15, 0.2) is 133 Å². The molecule has 0 aliphatic heterocycles. The number of hydrogen-bond acceptors (Lipinski definition) is 7. The number of benzene rings is 6. The average Bonchev–Trinajstić information content (AvgIpc) is 3.32. The number of nitrogen functional groups attached to an aromatic ring is 2. The summed E-state index contributed by atoms with van der Waals surface area (Å²) in [5.41, 5.74) is 20.1. The van der Waals surface area contributed by atoms with Crippen LogP contribution in [0.3, 0.4) is 0 Å². The van der Waals surface area contributed by atoms with E-state index in [4.69, 9.17) is 53.1 Å². The molecule has 10 nitrogen and oxygen atoms in total. The van der Waals surface area contributed by atoms with Crippen molar-refractivity contribution >= 4 is 17.4 Å². The molecule has 6 N–H and O–H groups in total. The van der Waals surface area contributed by atoms with Crippen LogP contribution in [0.2, 0.25) is 0 Å². The zero-order chi connectivity index (χ0) is 45.5. The summed E-state index contributed by atoms with van der Waals surface area (Å²) >= 11 is 0. The number of rotatable bonds is 22. The predicted octanol–water partition coefficient (Wildman–Crippen LogP) is 12.1. The molecule has 6 rings (SSSR count). The van der Waals surface area contributed by atoms with Gasteiger partial charge in [0.05, 0.1) is 18.2 Å². The number of aryl methyl sites for hydroxylation is 2. The molecule has 0 unspecified atom stereocenters. The number of nitrogens with zero attached hydrogens (tertiary/aromatic N) is 2. The Morgan fingerprint density at radius 2 is 0.828 bits per heavy atom. The van der Waals surface area contributed by atoms with E-state index in [9.17, 15) is 0 Å². The summed E-state index contributed by atoms with van der Waals surface area (Å²) in [6, 6.07) is 44.1. The summed E-state index contributed by atoms with van der Waals surface area (Å²) in [7, 11) is 0. The van der Waals surface area contributed by atoms with Crippen LogP contribution in [-0.2, 0) is 39.3 Å². The minimum Gasteiger partial charge on any atom is -0.489 e. The third kappa shape index (κ3) is 16.0. The largest absolute Gasteiger partial charge is 0.489 e. The summed E-state index contributed by atoms with van der Waals surface area (Å²) in [6.07, 6.45) is 8.95. The Bertz CT molecular complexity index is 2330. The van der Waals surface area contributed by atoms with Crippen LogP contribution >= 0.6 is 0 Å². The molecular formula is C54H58N6O4. The van der Waals surface area contributed by atoms with Crippen molar-refractivity contribution < 1.29 is 18.9 Å². The molecule has 0 aliphatic rings. The minimum atomic E-state index is 0.0555. The lowest BCUT2D eigenvalue weighted by molar-refractivity contribution is 0.289. The van der Waals surface area contributed by atoms with Crippen LogP contribution in [0.1, 0.15) is 102 Å². The Hall–Kier alpha value is -7.56. The zero-order valence-corrected chi connectivity index (χ0v) is 36.9. The molecule has 0 aromatic heterocycles. The Balaban J connectivity index is 0.000000241. The third-order valence-electron chi connectivity index (χ3n) is 10.3. The summed E-state index contributed by atoms with van der Waals surface area (Å²) < 4.78 is 24.2. The van der Waals surface area contributed by atoms with E-state index in [1.165, 1.54) is 36.8 Å². The molecule has 0 heterocycles. The topological polar surface area (TPSA) is 165 Å². The van der Waals surface area contributed by atoms with E-state index in [-0.39, 0.29) is 11.7 Å². The first-order chi connectivity index (χ1) is 31.1. The van der Waals surface area contributed by atoms with E-state index in [2.05, 4.69) is 49.0 Å². The molecule has 0 radical (unpaired) electrons. The number of nitrogens with two attached hydrogens (primary N) is 2. The van der Waals surface area contributed by atoms with Gasteiger partial charge in [0, 0.05) is 23.3 Å².